The van der Waals surface area contributed by atoms with Crippen LogP contribution in [0.1, 0.15) is 33.6 Å². The van der Waals surface area contributed by atoms with Gasteiger partial charge in [0.2, 0.25) is 5.91 Å². The average Bonchev–Trinajstić information content (AvgIpc) is 2.61. The van der Waals surface area contributed by atoms with E-state index in [4.69, 9.17) is 4.74 Å². The number of piperidine rings is 1. The summed E-state index contributed by atoms with van der Waals surface area (Å²) in [6, 6.07) is -0.152. The molecule has 0 radical (unpaired) electrons. The number of hydrogen-bond acceptors (Lipinski definition) is 5. The van der Waals surface area contributed by atoms with Crippen LogP contribution in [-0.4, -0.2) is 85.0 Å². The largest absolute Gasteiger partial charge is 0.466 e. The summed E-state index contributed by atoms with van der Waals surface area (Å²) in [7, 11) is 0. The number of likely N-dealkylation sites (N-methyl/N-ethyl adjacent to an activating group) is 1. The molecular weight excluding hydrogens is 294 g/mol. The molecule has 0 N–H and O–H groups in total. The third kappa shape index (κ3) is 4.67. The highest BCUT2D eigenvalue weighted by Gasteiger charge is 2.33. The Morgan fingerprint density at radius 1 is 1.13 bits per heavy atom. The molecule has 6 heteroatoms. The molecule has 2 saturated heterocycles. The lowest BCUT2D eigenvalue weighted by molar-refractivity contribution is -0.152. The second kappa shape index (κ2) is 8.64. The zero-order valence-electron chi connectivity index (χ0n) is 14.8. The van der Waals surface area contributed by atoms with Gasteiger partial charge in [-0.15, -0.1) is 0 Å². The van der Waals surface area contributed by atoms with Crippen molar-refractivity contribution in [1.29, 1.82) is 0 Å². The molecule has 2 unspecified atom stereocenters. The summed E-state index contributed by atoms with van der Waals surface area (Å²) in [6.07, 6.45) is 1.82. The molecule has 23 heavy (non-hydrogen) atoms. The molecule has 2 aliphatic rings. The zero-order chi connectivity index (χ0) is 16.8. The quantitative estimate of drug-likeness (QED) is 0.700. The Bertz CT molecular complexity index is 408. The van der Waals surface area contributed by atoms with Gasteiger partial charge in [0.1, 0.15) is 0 Å². The van der Waals surface area contributed by atoms with Gasteiger partial charge >= 0.3 is 5.97 Å². The Morgan fingerprint density at radius 2 is 1.83 bits per heavy atom. The Hall–Kier alpha value is -1.14. The third-order valence-corrected chi connectivity index (χ3v) is 5.11. The average molecular weight is 325 g/mol. The second-order valence-electron chi connectivity index (χ2n) is 6.52. The van der Waals surface area contributed by atoms with Gasteiger partial charge in [-0.3, -0.25) is 14.5 Å². The van der Waals surface area contributed by atoms with E-state index in [-0.39, 0.29) is 23.8 Å². The van der Waals surface area contributed by atoms with Crippen molar-refractivity contribution in [2.24, 2.45) is 5.92 Å². The molecule has 0 aromatic heterocycles. The maximum atomic E-state index is 12.7. The maximum absolute atomic E-state index is 12.7. The highest BCUT2D eigenvalue weighted by Crippen LogP contribution is 2.21. The Labute approximate surface area is 139 Å². The lowest BCUT2D eigenvalue weighted by Crippen LogP contribution is -2.55. The number of nitrogens with zero attached hydrogens (tertiary/aromatic N) is 3. The molecule has 0 aromatic rings. The topological polar surface area (TPSA) is 53.1 Å². The number of piperazine rings is 1. The van der Waals surface area contributed by atoms with E-state index in [0.29, 0.717) is 13.2 Å². The van der Waals surface area contributed by atoms with Crippen LogP contribution >= 0.6 is 0 Å². The van der Waals surface area contributed by atoms with Crippen LogP contribution < -0.4 is 0 Å². The number of hydrogen-bond donors (Lipinski definition) is 0. The van der Waals surface area contributed by atoms with Crippen molar-refractivity contribution < 1.29 is 14.3 Å². The van der Waals surface area contributed by atoms with Crippen molar-refractivity contribution in [3.63, 3.8) is 0 Å². The van der Waals surface area contributed by atoms with Crippen LogP contribution in [0.3, 0.4) is 0 Å². The highest BCUT2D eigenvalue weighted by atomic mass is 16.5. The van der Waals surface area contributed by atoms with Crippen LogP contribution in [0, 0.1) is 5.92 Å². The number of carbonyl (C=O) groups is 2. The first kappa shape index (κ1) is 18.2. The molecule has 0 saturated carbocycles. The highest BCUT2D eigenvalue weighted by molar-refractivity contribution is 5.82. The van der Waals surface area contributed by atoms with Crippen LogP contribution in [-0.2, 0) is 14.3 Å². The summed E-state index contributed by atoms with van der Waals surface area (Å²) >= 11 is 0. The normalized spacial score (nSPS) is 25.2. The Kier molecular flexibility index (Phi) is 6.84. The smallest absolute Gasteiger partial charge is 0.310 e. The summed E-state index contributed by atoms with van der Waals surface area (Å²) in [5.41, 5.74) is 0. The van der Waals surface area contributed by atoms with E-state index >= 15 is 0 Å². The lowest BCUT2D eigenvalue weighted by Gasteiger charge is -2.40. The van der Waals surface area contributed by atoms with Gasteiger partial charge in [-0.1, -0.05) is 6.92 Å². The minimum Gasteiger partial charge on any atom is -0.466 e. The summed E-state index contributed by atoms with van der Waals surface area (Å²) < 4.78 is 5.14. The van der Waals surface area contributed by atoms with E-state index in [2.05, 4.69) is 16.7 Å². The van der Waals surface area contributed by atoms with Crippen LogP contribution in [0.15, 0.2) is 0 Å². The molecule has 2 heterocycles. The summed E-state index contributed by atoms with van der Waals surface area (Å²) in [5.74, 6) is -0.00504. The molecule has 2 fully saturated rings. The van der Waals surface area contributed by atoms with Crippen molar-refractivity contribution >= 4 is 11.9 Å². The van der Waals surface area contributed by atoms with Crippen LogP contribution in [0.2, 0.25) is 0 Å². The third-order valence-electron chi connectivity index (χ3n) is 5.11. The number of carbonyl (C=O) groups excluding carboxylic acids is 2. The monoisotopic (exact) mass is 325 g/mol. The first-order valence-corrected chi connectivity index (χ1v) is 8.98. The van der Waals surface area contributed by atoms with E-state index < -0.39 is 0 Å². The molecule has 2 rings (SSSR count). The molecule has 2 atom stereocenters. The van der Waals surface area contributed by atoms with Gasteiger partial charge in [0.05, 0.1) is 18.6 Å². The number of esters is 1. The molecular formula is C17H31N3O3. The van der Waals surface area contributed by atoms with E-state index in [0.717, 1.165) is 52.1 Å². The summed E-state index contributed by atoms with van der Waals surface area (Å²) in [5, 5.41) is 0. The molecule has 2 aliphatic heterocycles. The number of amides is 1. The van der Waals surface area contributed by atoms with E-state index in [1.165, 1.54) is 0 Å². The fourth-order valence-electron chi connectivity index (χ4n) is 3.52. The molecule has 6 nitrogen and oxygen atoms in total. The van der Waals surface area contributed by atoms with Crippen LogP contribution in [0.5, 0.6) is 0 Å². The predicted octanol–water partition coefficient (Wildman–Crippen LogP) is 0.814. The first-order valence-electron chi connectivity index (χ1n) is 8.98. The summed E-state index contributed by atoms with van der Waals surface area (Å²) in [6.45, 7) is 12.5. The van der Waals surface area contributed by atoms with Gasteiger partial charge in [-0.05, 0) is 39.8 Å². The van der Waals surface area contributed by atoms with E-state index in [1.807, 2.05) is 18.7 Å². The molecule has 0 aliphatic carbocycles. The van der Waals surface area contributed by atoms with Crippen molar-refractivity contribution in [3.8, 4) is 0 Å². The zero-order valence-corrected chi connectivity index (χ0v) is 14.8. The Morgan fingerprint density at radius 3 is 2.43 bits per heavy atom. The lowest BCUT2D eigenvalue weighted by atomic mass is 9.96. The van der Waals surface area contributed by atoms with Crippen molar-refractivity contribution in [2.45, 2.75) is 39.7 Å². The van der Waals surface area contributed by atoms with E-state index in [9.17, 15) is 9.59 Å². The summed E-state index contributed by atoms with van der Waals surface area (Å²) in [4.78, 5) is 31.2. The molecule has 1 amide bonds. The molecule has 0 aromatic carbocycles. The number of ether oxygens (including phenoxy) is 1. The van der Waals surface area contributed by atoms with Gasteiger partial charge in [-0.2, -0.15) is 0 Å². The van der Waals surface area contributed by atoms with Crippen molar-refractivity contribution in [3.05, 3.63) is 0 Å². The number of rotatable bonds is 5. The molecule has 132 valence electrons. The van der Waals surface area contributed by atoms with Crippen LogP contribution in [0.25, 0.3) is 0 Å². The minimum absolute atomic E-state index is 0.0871. The second-order valence-corrected chi connectivity index (χ2v) is 6.52. The maximum Gasteiger partial charge on any atom is 0.310 e. The predicted molar refractivity (Wildman–Crippen MR) is 89.1 cm³/mol. The van der Waals surface area contributed by atoms with Gasteiger partial charge in [0.15, 0.2) is 0 Å². The first-order chi connectivity index (χ1) is 11.1. The number of likely N-dealkylation sites (tertiary alicyclic amines) is 1. The standard InChI is InChI=1S/C17H31N3O3/c1-4-18-9-11-19(12-10-18)16(21)14(3)20-8-6-7-15(13-20)17(22)23-5-2/h14-15H,4-13H2,1-3H3. The molecule has 0 bridgehead atoms. The fraction of sp³-hybridized carbons (Fsp3) is 0.882. The van der Waals surface area contributed by atoms with Gasteiger partial charge in [-0.25, -0.2) is 0 Å². The fourth-order valence-corrected chi connectivity index (χ4v) is 3.52. The molecule has 0 spiro atoms. The van der Waals surface area contributed by atoms with Gasteiger partial charge in [0, 0.05) is 32.7 Å². The van der Waals surface area contributed by atoms with E-state index in [1.54, 1.807) is 0 Å². The van der Waals surface area contributed by atoms with Crippen molar-refractivity contribution in [2.75, 3.05) is 52.4 Å². The van der Waals surface area contributed by atoms with Gasteiger partial charge < -0.3 is 14.5 Å². The van der Waals surface area contributed by atoms with Crippen molar-refractivity contribution in [1.82, 2.24) is 14.7 Å². The van der Waals surface area contributed by atoms with Gasteiger partial charge in [0.25, 0.3) is 0 Å². The minimum atomic E-state index is -0.152. The SMILES string of the molecule is CCOC(=O)C1CCCN(C(C)C(=O)N2CCN(CC)CC2)C1. The van der Waals surface area contributed by atoms with Crippen LogP contribution in [0.4, 0.5) is 0 Å². The Balaban J connectivity index is 1.87.